The van der Waals surface area contributed by atoms with E-state index in [1.54, 1.807) is 6.92 Å². The minimum absolute atomic E-state index is 0.0366. The second-order valence-corrected chi connectivity index (χ2v) is 4.58. The van der Waals surface area contributed by atoms with E-state index in [-0.39, 0.29) is 18.4 Å². The molecule has 0 aromatic rings. The van der Waals surface area contributed by atoms with Crippen LogP contribution in [-0.2, 0) is 4.79 Å². The lowest BCUT2D eigenvalue weighted by atomic mass is 9.94. The van der Waals surface area contributed by atoms with Crippen molar-refractivity contribution < 1.29 is 14.7 Å². The van der Waals surface area contributed by atoms with Crippen LogP contribution >= 0.6 is 0 Å². The van der Waals surface area contributed by atoms with Gasteiger partial charge < -0.3 is 15.7 Å². The lowest BCUT2D eigenvalue weighted by Gasteiger charge is -2.17. The molecule has 0 saturated heterocycles. The van der Waals surface area contributed by atoms with Crippen molar-refractivity contribution in [2.24, 2.45) is 11.8 Å². The van der Waals surface area contributed by atoms with E-state index < -0.39 is 5.97 Å². The molecule has 2 amide bonds. The van der Waals surface area contributed by atoms with E-state index in [0.717, 1.165) is 6.42 Å². The topological polar surface area (TPSA) is 78.4 Å². The largest absolute Gasteiger partial charge is 0.481 e. The quantitative estimate of drug-likeness (QED) is 0.602. The average molecular weight is 254 g/mol. The second-order valence-electron chi connectivity index (χ2n) is 4.58. The lowest BCUT2D eigenvalue weighted by molar-refractivity contribution is -0.138. The summed E-state index contributed by atoms with van der Waals surface area (Å²) >= 11 is 0. The van der Waals surface area contributed by atoms with Crippen molar-refractivity contribution in [3.63, 3.8) is 0 Å². The standard InChI is InChI=1S/C13H22N2O3/c1-4-5-6-14-13(18)15-9-11(7-10(2)3)8-12(16)17/h10-11H,6-9H2,1-3H3,(H,16,17)(H2,14,15,18). The van der Waals surface area contributed by atoms with Gasteiger partial charge in [0, 0.05) is 13.0 Å². The van der Waals surface area contributed by atoms with E-state index in [0.29, 0.717) is 19.0 Å². The summed E-state index contributed by atoms with van der Waals surface area (Å²) in [7, 11) is 0. The molecule has 0 aliphatic heterocycles. The van der Waals surface area contributed by atoms with Crippen molar-refractivity contribution >= 4 is 12.0 Å². The fourth-order valence-electron chi connectivity index (χ4n) is 1.66. The number of amides is 2. The van der Waals surface area contributed by atoms with Crippen LogP contribution in [0.2, 0.25) is 0 Å². The van der Waals surface area contributed by atoms with Crippen molar-refractivity contribution in [3.8, 4) is 11.8 Å². The number of carbonyl (C=O) groups is 2. The molecule has 0 aliphatic carbocycles. The Balaban J connectivity index is 4.03. The van der Waals surface area contributed by atoms with E-state index in [2.05, 4.69) is 22.5 Å². The number of hydrogen-bond donors (Lipinski definition) is 3. The van der Waals surface area contributed by atoms with Gasteiger partial charge in [-0.2, -0.15) is 0 Å². The van der Waals surface area contributed by atoms with Gasteiger partial charge in [0.1, 0.15) is 0 Å². The normalized spacial score (nSPS) is 11.3. The Kier molecular flexibility index (Phi) is 8.46. The van der Waals surface area contributed by atoms with Gasteiger partial charge in [-0.15, -0.1) is 5.92 Å². The predicted octanol–water partition coefficient (Wildman–Crippen LogP) is 1.45. The zero-order valence-electron chi connectivity index (χ0n) is 11.2. The number of nitrogens with one attached hydrogen (secondary N) is 2. The van der Waals surface area contributed by atoms with Gasteiger partial charge in [0.2, 0.25) is 0 Å². The number of rotatable bonds is 7. The summed E-state index contributed by atoms with van der Waals surface area (Å²) in [4.78, 5) is 22.1. The molecule has 0 aromatic carbocycles. The fraction of sp³-hybridized carbons (Fsp3) is 0.692. The van der Waals surface area contributed by atoms with Gasteiger partial charge in [-0.05, 0) is 25.2 Å². The maximum Gasteiger partial charge on any atom is 0.315 e. The highest BCUT2D eigenvalue weighted by atomic mass is 16.4. The molecule has 5 heteroatoms. The highest BCUT2D eigenvalue weighted by Crippen LogP contribution is 2.14. The van der Waals surface area contributed by atoms with E-state index >= 15 is 0 Å². The van der Waals surface area contributed by atoms with Gasteiger partial charge in [-0.3, -0.25) is 4.79 Å². The molecule has 18 heavy (non-hydrogen) atoms. The molecule has 102 valence electrons. The summed E-state index contributed by atoms with van der Waals surface area (Å²) < 4.78 is 0. The predicted molar refractivity (Wildman–Crippen MR) is 70.0 cm³/mol. The number of carbonyl (C=O) groups excluding carboxylic acids is 1. The highest BCUT2D eigenvalue weighted by molar-refractivity contribution is 5.74. The molecule has 0 bridgehead atoms. The van der Waals surface area contributed by atoms with Gasteiger partial charge in [0.25, 0.3) is 0 Å². The molecular weight excluding hydrogens is 232 g/mol. The Hall–Kier alpha value is -1.70. The molecule has 5 nitrogen and oxygen atoms in total. The zero-order chi connectivity index (χ0) is 14.0. The van der Waals surface area contributed by atoms with Crippen LogP contribution in [0.25, 0.3) is 0 Å². The second kappa shape index (κ2) is 9.34. The van der Waals surface area contributed by atoms with Gasteiger partial charge in [-0.25, -0.2) is 4.79 Å². The van der Waals surface area contributed by atoms with Crippen LogP contribution in [0.15, 0.2) is 0 Å². The summed E-state index contributed by atoms with van der Waals surface area (Å²) in [5.41, 5.74) is 0. The minimum atomic E-state index is -0.834. The van der Waals surface area contributed by atoms with Crippen molar-refractivity contribution in [1.29, 1.82) is 0 Å². The fourth-order valence-corrected chi connectivity index (χ4v) is 1.66. The van der Waals surface area contributed by atoms with E-state index in [9.17, 15) is 9.59 Å². The van der Waals surface area contributed by atoms with Crippen LogP contribution in [0.1, 0.15) is 33.6 Å². The Morgan fingerprint density at radius 1 is 1.28 bits per heavy atom. The van der Waals surface area contributed by atoms with Crippen LogP contribution in [0.3, 0.4) is 0 Å². The van der Waals surface area contributed by atoms with E-state index in [1.807, 2.05) is 13.8 Å². The van der Waals surface area contributed by atoms with Crippen LogP contribution in [0.5, 0.6) is 0 Å². The molecule has 0 radical (unpaired) electrons. The third-order valence-electron chi connectivity index (χ3n) is 2.33. The summed E-state index contributed by atoms with van der Waals surface area (Å²) in [6.45, 7) is 6.44. The molecule has 0 aliphatic rings. The van der Waals surface area contributed by atoms with Crippen molar-refractivity contribution in [1.82, 2.24) is 10.6 Å². The monoisotopic (exact) mass is 254 g/mol. The van der Waals surface area contributed by atoms with Crippen LogP contribution in [-0.4, -0.2) is 30.2 Å². The first-order valence-electron chi connectivity index (χ1n) is 6.08. The highest BCUT2D eigenvalue weighted by Gasteiger charge is 2.15. The van der Waals surface area contributed by atoms with Crippen LogP contribution in [0, 0.1) is 23.7 Å². The summed E-state index contributed by atoms with van der Waals surface area (Å²) in [6, 6.07) is -0.308. The molecule has 0 aromatic heterocycles. The number of urea groups is 1. The van der Waals surface area contributed by atoms with E-state index in [4.69, 9.17) is 5.11 Å². The summed E-state index contributed by atoms with van der Waals surface area (Å²) in [5.74, 6) is 4.92. The zero-order valence-corrected chi connectivity index (χ0v) is 11.2. The first-order chi connectivity index (χ1) is 8.45. The first kappa shape index (κ1) is 16.3. The lowest BCUT2D eigenvalue weighted by Crippen LogP contribution is -2.39. The maximum absolute atomic E-state index is 11.4. The summed E-state index contributed by atoms with van der Waals surface area (Å²) in [6.07, 6.45) is 0.856. The van der Waals surface area contributed by atoms with Crippen molar-refractivity contribution in [3.05, 3.63) is 0 Å². The smallest absolute Gasteiger partial charge is 0.315 e. The van der Waals surface area contributed by atoms with Gasteiger partial charge >= 0.3 is 12.0 Å². The Bertz CT molecular complexity index is 329. The molecule has 1 unspecified atom stereocenters. The van der Waals surface area contributed by atoms with Gasteiger partial charge in [-0.1, -0.05) is 19.8 Å². The molecule has 1 atom stereocenters. The first-order valence-corrected chi connectivity index (χ1v) is 6.08. The third-order valence-corrected chi connectivity index (χ3v) is 2.33. The molecule has 3 N–H and O–H groups in total. The molecule has 0 saturated carbocycles. The molecule has 0 spiro atoms. The Labute approximate surface area is 108 Å². The average Bonchev–Trinajstić information content (AvgIpc) is 2.25. The van der Waals surface area contributed by atoms with Crippen molar-refractivity contribution in [2.45, 2.75) is 33.6 Å². The number of hydrogen-bond acceptors (Lipinski definition) is 2. The number of carboxylic acids is 1. The minimum Gasteiger partial charge on any atom is -0.481 e. The molecule has 0 fully saturated rings. The van der Waals surface area contributed by atoms with Crippen molar-refractivity contribution in [2.75, 3.05) is 13.1 Å². The number of carboxylic acid groups (broad SMARTS) is 1. The van der Waals surface area contributed by atoms with Gasteiger partial charge in [0.05, 0.1) is 6.54 Å². The summed E-state index contributed by atoms with van der Waals surface area (Å²) in [5, 5.41) is 14.0. The maximum atomic E-state index is 11.4. The van der Waals surface area contributed by atoms with Crippen LogP contribution < -0.4 is 10.6 Å². The van der Waals surface area contributed by atoms with E-state index in [1.165, 1.54) is 0 Å². The van der Waals surface area contributed by atoms with Crippen LogP contribution in [0.4, 0.5) is 4.79 Å². The number of aliphatic carboxylic acids is 1. The molecular formula is C13H22N2O3. The Morgan fingerprint density at radius 2 is 1.94 bits per heavy atom. The SMILES string of the molecule is CC#CCNC(=O)NCC(CC(=O)O)CC(C)C. The molecule has 0 heterocycles. The molecule has 0 rings (SSSR count). The van der Waals surface area contributed by atoms with Gasteiger partial charge in [0.15, 0.2) is 0 Å². The Morgan fingerprint density at radius 3 is 2.44 bits per heavy atom. The third kappa shape index (κ3) is 9.52.